The van der Waals surface area contributed by atoms with Gasteiger partial charge in [0.25, 0.3) is 0 Å². The first kappa shape index (κ1) is 28.9. The highest BCUT2D eigenvalue weighted by molar-refractivity contribution is 5.79. The number of nitrogens with zero attached hydrogens (tertiary/aromatic N) is 5. The van der Waals surface area contributed by atoms with Gasteiger partial charge in [-0.2, -0.15) is 0 Å². The molecular weight excluding hydrogens is 551 g/mol. The molecule has 1 saturated heterocycles. The van der Waals surface area contributed by atoms with E-state index in [1.54, 1.807) is 31.1 Å². The number of imidazole rings is 1. The molecule has 11 heteroatoms. The van der Waals surface area contributed by atoms with Crippen LogP contribution in [0.25, 0.3) is 16.9 Å². The number of halogens is 1. The second kappa shape index (κ2) is 10.8. The fraction of sp³-hybridized carbons (Fsp3) is 0.406. The molecule has 2 aliphatic heterocycles. The molecule has 10 nitrogen and oxygen atoms in total. The minimum Gasteiger partial charge on any atom is -0.444 e. The summed E-state index contributed by atoms with van der Waals surface area (Å²) in [6.45, 7) is 11.6. The van der Waals surface area contributed by atoms with Gasteiger partial charge in [0.15, 0.2) is 0 Å². The Morgan fingerprint density at radius 1 is 1.07 bits per heavy atom. The maximum absolute atomic E-state index is 13.9. The normalized spacial score (nSPS) is 17.3. The maximum Gasteiger partial charge on any atom is 0.410 e. The fourth-order valence-corrected chi connectivity index (χ4v) is 5.56. The zero-order chi connectivity index (χ0) is 30.5. The zero-order valence-electron chi connectivity index (χ0n) is 25.1. The van der Waals surface area contributed by atoms with E-state index in [0.717, 1.165) is 33.8 Å². The molecule has 1 unspecified atom stereocenters. The lowest BCUT2D eigenvalue weighted by Gasteiger charge is -2.39. The summed E-state index contributed by atoms with van der Waals surface area (Å²) in [5, 5.41) is 13.9. The molecule has 3 aromatic heterocycles. The van der Waals surface area contributed by atoms with Gasteiger partial charge in [-0.25, -0.2) is 19.2 Å². The minimum absolute atomic E-state index is 0.292. The van der Waals surface area contributed by atoms with Crippen molar-refractivity contribution in [2.75, 3.05) is 29.9 Å². The van der Waals surface area contributed by atoms with E-state index < -0.39 is 17.3 Å². The predicted molar refractivity (Wildman–Crippen MR) is 162 cm³/mol. The molecule has 0 spiro atoms. The Hall–Kier alpha value is -4.22. The summed E-state index contributed by atoms with van der Waals surface area (Å²) in [4.78, 5) is 26.0. The number of morpholine rings is 1. The number of carbonyl (C=O) groups excluding carboxylic acids is 1. The molecule has 1 aromatic carbocycles. The Labute approximate surface area is 250 Å². The Kier molecular flexibility index (Phi) is 7.26. The Balaban J connectivity index is 1.30. The maximum atomic E-state index is 13.9. The summed E-state index contributed by atoms with van der Waals surface area (Å²) in [6.07, 6.45) is 4.52. The van der Waals surface area contributed by atoms with Gasteiger partial charge in [0.05, 0.1) is 49.1 Å². The molecule has 1 fully saturated rings. The van der Waals surface area contributed by atoms with Crippen molar-refractivity contribution in [3.05, 3.63) is 71.9 Å². The van der Waals surface area contributed by atoms with E-state index in [9.17, 15) is 14.3 Å². The molecule has 0 bridgehead atoms. The van der Waals surface area contributed by atoms with Crippen LogP contribution in [0.5, 0.6) is 0 Å². The van der Waals surface area contributed by atoms with Crippen molar-refractivity contribution in [1.82, 2.24) is 19.3 Å². The predicted octanol–water partition coefficient (Wildman–Crippen LogP) is 5.51. The van der Waals surface area contributed by atoms with Crippen LogP contribution in [0.15, 0.2) is 55.0 Å². The number of benzene rings is 1. The van der Waals surface area contributed by atoms with Crippen molar-refractivity contribution in [3.63, 3.8) is 0 Å². The molecule has 0 aliphatic carbocycles. The van der Waals surface area contributed by atoms with Crippen LogP contribution >= 0.6 is 0 Å². The lowest BCUT2D eigenvalue weighted by atomic mass is 9.99. The van der Waals surface area contributed by atoms with E-state index in [0.29, 0.717) is 44.3 Å². The molecule has 0 saturated carbocycles. The van der Waals surface area contributed by atoms with Crippen molar-refractivity contribution in [2.24, 2.45) is 0 Å². The van der Waals surface area contributed by atoms with Crippen molar-refractivity contribution < 1.29 is 23.8 Å². The van der Waals surface area contributed by atoms with Gasteiger partial charge in [-0.3, -0.25) is 9.30 Å². The second-order valence-corrected chi connectivity index (χ2v) is 12.7. The van der Waals surface area contributed by atoms with Crippen LogP contribution in [0.4, 0.5) is 26.4 Å². The molecule has 1 atom stereocenters. The molecule has 6 rings (SSSR count). The Bertz CT molecular complexity index is 1660. The van der Waals surface area contributed by atoms with Crippen LogP contribution < -0.4 is 10.2 Å². The van der Waals surface area contributed by atoms with Crippen LogP contribution in [0.2, 0.25) is 0 Å². The summed E-state index contributed by atoms with van der Waals surface area (Å²) in [5.41, 5.74) is 4.35. The smallest absolute Gasteiger partial charge is 0.410 e. The Morgan fingerprint density at radius 2 is 1.86 bits per heavy atom. The van der Waals surface area contributed by atoms with Gasteiger partial charge in [0, 0.05) is 42.2 Å². The van der Waals surface area contributed by atoms with Gasteiger partial charge in [-0.1, -0.05) is 6.07 Å². The third-order valence-electron chi connectivity index (χ3n) is 7.76. The van der Waals surface area contributed by atoms with Crippen LogP contribution in [0.1, 0.15) is 45.7 Å². The van der Waals surface area contributed by atoms with Crippen LogP contribution in [0.3, 0.4) is 0 Å². The molecule has 2 aliphatic rings. The highest BCUT2D eigenvalue weighted by atomic mass is 19.1. The number of hydrogen-bond acceptors (Lipinski definition) is 8. The van der Waals surface area contributed by atoms with Crippen molar-refractivity contribution in [3.8, 4) is 11.3 Å². The summed E-state index contributed by atoms with van der Waals surface area (Å²) in [6, 6.07) is 10.7. The SMILES string of the molecule is CC(C)(C)OC(=O)N1Cc2c(Nc3ccc(N4CCOC(C(C)(C)O)C4)cn3)ccc(-c3cnc4cc(F)ccn34)c2C1. The van der Waals surface area contributed by atoms with Gasteiger partial charge < -0.3 is 24.8 Å². The van der Waals surface area contributed by atoms with E-state index in [4.69, 9.17) is 9.47 Å². The van der Waals surface area contributed by atoms with E-state index >= 15 is 0 Å². The summed E-state index contributed by atoms with van der Waals surface area (Å²) in [5.74, 6) is 0.307. The van der Waals surface area contributed by atoms with Crippen molar-refractivity contribution in [1.29, 1.82) is 0 Å². The molecular formula is C32H37FN6O4. The van der Waals surface area contributed by atoms with E-state index in [2.05, 4.69) is 20.2 Å². The molecule has 5 heterocycles. The van der Waals surface area contributed by atoms with Crippen LogP contribution in [0, 0.1) is 5.82 Å². The van der Waals surface area contributed by atoms with Gasteiger partial charge >= 0.3 is 6.09 Å². The summed E-state index contributed by atoms with van der Waals surface area (Å²) in [7, 11) is 0. The molecule has 4 aromatic rings. The average molecular weight is 589 g/mol. The first-order chi connectivity index (χ1) is 20.4. The number of amides is 1. The van der Waals surface area contributed by atoms with E-state index in [1.807, 2.05) is 55.6 Å². The monoisotopic (exact) mass is 588 g/mol. The van der Waals surface area contributed by atoms with Crippen molar-refractivity contribution in [2.45, 2.75) is 65.0 Å². The van der Waals surface area contributed by atoms with Gasteiger partial charge in [-0.05, 0) is 64.4 Å². The summed E-state index contributed by atoms with van der Waals surface area (Å²) < 4.78 is 27.2. The lowest BCUT2D eigenvalue weighted by Crippen LogP contribution is -2.52. The molecule has 226 valence electrons. The number of aliphatic hydroxyl groups is 1. The van der Waals surface area contributed by atoms with Crippen molar-refractivity contribution >= 4 is 28.9 Å². The topological polar surface area (TPSA) is 104 Å². The van der Waals surface area contributed by atoms with Gasteiger partial charge in [-0.15, -0.1) is 0 Å². The van der Waals surface area contributed by atoms with E-state index in [-0.39, 0.29) is 11.9 Å². The van der Waals surface area contributed by atoms with Crippen LogP contribution in [-0.4, -0.2) is 67.5 Å². The largest absolute Gasteiger partial charge is 0.444 e. The molecule has 43 heavy (non-hydrogen) atoms. The number of rotatable bonds is 5. The number of aromatic nitrogens is 3. The second-order valence-electron chi connectivity index (χ2n) is 12.7. The fourth-order valence-electron chi connectivity index (χ4n) is 5.56. The molecule has 0 radical (unpaired) electrons. The Morgan fingerprint density at radius 3 is 2.58 bits per heavy atom. The number of ether oxygens (including phenoxy) is 2. The number of anilines is 3. The van der Waals surface area contributed by atoms with E-state index in [1.165, 1.54) is 12.1 Å². The minimum atomic E-state index is -0.938. The average Bonchev–Trinajstić information content (AvgIpc) is 3.58. The quantitative estimate of drug-likeness (QED) is 0.315. The number of fused-ring (bicyclic) bond motifs is 2. The standard InChI is InChI=1S/C32H37FN6O4/c1-31(2,3)43-30(40)38-17-23-22(26-16-35-29-14-20(33)10-11-39(26)29)7-8-25(24(23)18-38)36-28-9-6-21(15-34-28)37-12-13-42-27(19-37)32(4,5)41/h6-11,14-16,27,41H,12-13,17-19H2,1-5H3,(H,34,36). The summed E-state index contributed by atoms with van der Waals surface area (Å²) >= 11 is 0. The van der Waals surface area contributed by atoms with Gasteiger partial charge in [0.2, 0.25) is 0 Å². The number of hydrogen-bond donors (Lipinski definition) is 2. The first-order valence-corrected chi connectivity index (χ1v) is 14.4. The zero-order valence-corrected chi connectivity index (χ0v) is 25.1. The number of pyridine rings is 2. The third-order valence-corrected chi connectivity index (χ3v) is 7.76. The number of carbonyl (C=O) groups is 1. The highest BCUT2D eigenvalue weighted by Crippen LogP contribution is 2.39. The molecule has 1 amide bonds. The highest BCUT2D eigenvalue weighted by Gasteiger charge is 2.34. The van der Waals surface area contributed by atoms with Crippen LogP contribution in [-0.2, 0) is 22.6 Å². The third kappa shape index (κ3) is 6.00. The number of nitrogens with one attached hydrogen (secondary N) is 1. The van der Waals surface area contributed by atoms with Gasteiger partial charge in [0.1, 0.15) is 29.0 Å². The lowest BCUT2D eigenvalue weighted by molar-refractivity contribution is -0.0928. The molecule has 2 N–H and O–H groups in total. The first-order valence-electron chi connectivity index (χ1n) is 14.4.